The molecule has 252 valence electrons. The quantitative estimate of drug-likeness (QED) is 0.0516. The molecule has 0 saturated heterocycles. The van der Waals surface area contributed by atoms with E-state index in [2.05, 4.69) is 43.5 Å². The van der Waals surface area contributed by atoms with Crippen LogP contribution in [0.5, 0.6) is 0 Å². The fourth-order valence-corrected chi connectivity index (χ4v) is 5.44. The van der Waals surface area contributed by atoms with Gasteiger partial charge in [0.15, 0.2) is 0 Å². The first-order valence-corrected chi connectivity index (χ1v) is 18.7. The number of aliphatic hydroxyl groups is 2. The highest BCUT2D eigenvalue weighted by Gasteiger charge is 2.17. The second-order valence-electron chi connectivity index (χ2n) is 12.6. The maximum absolute atomic E-state index is 12.2. The maximum atomic E-state index is 12.2. The average molecular weight is 604 g/mol. The summed E-state index contributed by atoms with van der Waals surface area (Å²) in [6.45, 7) is 4.25. The number of hydrogen-bond acceptors (Lipinski definition) is 3. The maximum Gasteiger partial charge on any atom is 0.220 e. The van der Waals surface area contributed by atoms with E-state index in [4.69, 9.17) is 0 Å². The van der Waals surface area contributed by atoms with Crippen LogP contribution in [0.4, 0.5) is 0 Å². The molecule has 1 amide bonds. The number of nitrogens with one attached hydrogen (secondary N) is 1. The number of allylic oxidation sites excluding steroid dienone is 5. The lowest BCUT2D eigenvalue weighted by Crippen LogP contribution is -2.45. The molecule has 0 aromatic heterocycles. The smallest absolute Gasteiger partial charge is 0.220 e. The van der Waals surface area contributed by atoms with E-state index in [1.165, 1.54) is 128 Å². The van der Waals surface area contributed by atoms with Crippen LogP contribution in [0.2, 0.25) is 0 Å². The molecule has 4 heteroatoms. The summed E-state index contributed by atoms with van der Waals surface area (Å²) in [5.74, 6) is -0.0844. The van der Waals surface area contributed by atoms with Crippen LogP contribution in [0.3, 0.4) is 0 Å². The van der Waals surface area contributed by atoms with Crippen LogP contribution in [0.15, 0.2) is 36.5 Å². The van der Waals surface area contributed by atoms with Gasteiger partial charge in [-0.15, -0.1) is 0 Å². The molecule has 2 atom stereocenters. The Kier molecular flexibility index (Phi) is 34.0. The van der Waals surface area contributed by atoms with Gasteiger partial charge in [0.2, 0.25) is 5.91 Å². The first-order valence-electron chi connectivity index (χ1n) is 18.7. The fraction of sp³-hybridized carbons (Fsp3) is 0.821. The summed E-state index contributed by atoms with van der Waals surface area (Å²) in [7, 11) is 0. The minimum atomic E-state index is -0.864. The first-order chi connectivity index (χ1) is 21.2. The molecule has 0 rings (SSSR count). The topological polar surface area (TPSA) is 69.6 Å². The second kappa shape index (κ2) is 35.1. The second-order valence-corrected chi connectivity index (χ2v) is 12.6. The van der Waals surface area contributed by atoms with Gasteiger partial charge in [0, 0.05) is 6.42 Å². The molecule has 0 aliphatic heterocycles. The highest BCUT2D eigenvalue weighted by molar-refractivity contribution is 5.76. The zero-order chi connectivity index (χ0) is 31.5. The lowest BCUT2D eigenvalue weighted by Gasteiger charge is -2.19. The van der Waals surface area contributed by atoms with Gasteiger partial charge in [-0.3, -0.25) is 4.79 Å². The van der Waals surface area contributed by atoms with Crippen molar-refractivity contribution in [2.24, 2.45) is 0 Å². The molecular formula is C39H73NO3. The van der Waals surface area contributed by atoms with Gasteiger partial charge in [0.1, 0.15) is 0 Å². The first kappa shape index (κ1) is 41.6. The molecule has 0 aromatic carbocycles. The molecule has 0 heterocycles. The van der Waals surface area contributed by atoms with Gasteiger partial charge in [0.25, 0.3) is 0 Å². The summed E-state index contributed by atoms with van der Waals surface area (Å²) < 4.78 is 0. The van der Waals surface area contributed by atoms with Crippen LogP contribution in [0, 0.1) is 0 Å². The molecule has 0 radical (unpaired) electrons. The predicted octanol–water partition coefficient (Wildman–Crippen LogP) is 11.1. The summed E-state index contributed by atoms with van der Waals surface area (Å²) in [5, 5.41) is 22.8. The van der Waals surface area contributed by atoms with Gasteiger partial charge in [-0.25, -0.2) is 0 Å². The van der Waals surface area contributed by atoms with E-state index in [9.17, 15) is 15.0 Å². The summed E-state index contributed by atoms with van der Waals surface area (Å²) in [6.07, 6.45) is 45.3. The van der Waals surface area contributed by atoms with E-state index in [1.807, 2.05) is 6.08 Å². The minimum Gasteiger partial charge on any atom is -0.394 e. The molecule has 0 aliphatic rings. The minimum absolute atomic E-state index is 0.0844. The summed E-state index contributed by atoms with van der Waals surface area (Å²) in [5.41, 5.74) is 0. The molecule has 43 heavy (non-hydrogen) atoms. The highest BCUT2D eigenvalue weighted by atomic mass is 16.3. The molecule has 2 unspecified atom stereocenters. The Bertz CT molecular complexity index is 657. The Morgan fingerprint density at radius 3 is 1.35 bits per heavy atom. The third-order valence-corrected chi connectivity index (χ3v) is 8.35. The van der Waals surface area contributed by atoms with E-state index >= 15 is 0 Å². The van der Waals surface area contributed by atoms with Crippen molar-refractivity contribution in [3.63, 3.8) is 0 Å². The SMILES string of the molecule is CCCCCCCCCCCCCCC/C=C/CC/C=C/CC/C=C/C(O)C(CO)NC(=O)CCCCCCCCCC. The van der Waals surface area contributed by atoms with E-state index in [1.54, 1.807) is 6.08 Å². The van der Waals surface area contributed by atoms with Crippen LogP contribution in [0.1, 0.15) is 187 Å². The summed E-state index contributed by atoms with van der Waals surface area (Å²) >= 11 is 0. The normalized spacial score (nSPS) is 13.5. The molecule has 0 spiro atoms. The van der Waals surface area contributed by atoms with Crippen molar-refractivity contribution in [1.29, 1.82) is 0 Å². The highest BCUT2D eigenvalue weighted by Crippen LogP contribution is 2.13. The van der Waals surface area contributed by atoms with Crippen LogP contribution < -0.4 is 5.32 Å². The lowest BCUT2D eigenvalue weighted by atomic mass is 10.0. The van der Waals surface area contributed by atoms with Gasteiger partial charge in [-0.2, -0.15) is 0 Å². The van der Waals surface area contributed by atoms with E-state index < -0.39 is 12.1 Å². The summed E-state index contributed by atoms with van der Waals surface area (Å²) in [6, 6.07) is -0.639. The number of carbonyl (C=O) groups is 1. The Balaban J connectivity index is 3.64. The van der Waals surface area contributed by atoms with Crippen molar-refractivity contribution < 1.29 is 15.0 Å². The molecule has 0 bridgehead atoms. The molecule has 3 N–H and O–H groups in total. The van der Waals surface area contributed by atoms with Crippen molar-refractivity contribution in [1.82, 2.24) is 5.32 Å². The van der Waals surface area contributed by atoms with E-state index in [0.29, 0.717) is 6.42 Å². The molecule has 0 fully saturated rings. The number of hydrogen-bond donors (Lipinski definition) is 3. The number of unbranched alkanes of at least 4 members (excludes halogenated alkanes) is 22. The third kappa shape index (κ3) is 31.8. The van der Waals surface area contributed by atoms with Crippen molar-refractivity contribution in [3.05, 3.63) is 36.5 Å². The number of amides is 1. The molecule has 0 saturated carbocycles. The Hall–Kier alpha value is -1.39. The third-order valence-electron chi connectivity index (χ3n) is 8.35. The van der Waals surface area contributed by atoms with E-state index in [0.717, 1.165) is 38.5 Å². The lowest BCUT2D eigenvalue weighted by molar-refractivity contribution is -0.123. The standard InChI is InChI=1S/C39H73NO3/c1-3-5-7-9-11-13-14-15-16-17-18-19-20-21-22-23-24-25-26-27-28-30-32-34-38(42)37(36-41)40-39(43)35-33-31-29-12-10-8-6-4-2/h22-23,26-27,32,34,37-38,41-42H,3-21,24-25,28-31,33,35-36H2,1-2H3,(H,40,43)/b23-22+,27-26+,34-32+. The Morgan fingerprint density at radius 2 is 0.907 bits per heavy atom. The predicted molar refractivity (Wildman–Crippen MR) is 188 cm³/mol. The largest absolute Gasteiger partial charge is 0.394 e. The molecular weight excluding hydrogens is 530 g/mol. The van der Waals surface area contributed by atoms with Gasteiger partial charge >= 0.3 is 0 Å². The monoisotopic (exact) mass is 604 g/mol. The van der Waals surface area contributed by atoms with Crippen molar-refractivity contribution >= 4 is 5.91 Å². The van der Waals surface area contributed by atoms with E-state index in [-0.39, 0.29) is 12.5 Å². The van der Waals surface area contributed by atoms with Crippen LogP contribution >= 0.6 is 0 Å². The van der Waals surface area contributed by atoms with Crippen LogP contribution in [-0.4, -0.2) is 34.9 Å². The Labute approximate surface area is 268 Å². The zero-order valence-corrected chi connectivity index (χ0v) is 28.7. The van der Waals surface area contributed by atoms with Gasteiger partial charge < -0.3 is 15.5 Å². The number of carbonyl (C=O) groups excluding carboxylic acids is 1. The van der Waals surface area contributed by atoms with Gasteiger partial charge in [0.05, 0.1) is 18.8 Å². The van der Waals surface area contributed by atoms with Crippen LogP contribution in [0.25, 0.3) is 0 Å². The molecule has 4 nitrogen and oxygen atoms in total. The zero-order valence-electron chi connectivity index (χ0n) is 28.7. The average Bonchev–Trinajstić information content (AvgIpc) is 3.01. The molecule has 0 aliphatic carbocycles. The van der Waals surface area contributed by atoms with Gasteiger partial charge in [-0.1, -0.05) is 172 Å². The van der Waals surface area contributed by atoms with Crippen molar-refractivity contribution in [3.8, 4) is 0 Å². The van der Waals surface area contributed by atoms with Crippen LogP contribution in [-0.2, 0) is 4.79 Å². The number of aliphatic hydroxyl groups excluding tert-OH is 2. The van der Waals surface area contributed by atoms with Crippen molar-refractivity contribution in [2.45, 2.75) is 199 Å². The number of rotatable bonds is 33. The summed E-state index contributed by atoms with van der Waals surface area (Å²) in [4.78, 5) is 12.2. The molecule has 0 aromatic rings. The van der Waals surface area contributed by atoms with Gasteiger partial charge in [-0.05, 0) is 44.9 Å². The Morgan fingerprint density at radius 1 is 0.535 bits per heavy atom. The fourth-order valence-electron chi connectivity index (χ4n) is 5.44. The van der Waals surface area contributed by atoms with Crippen molar-refractivity contribution in [2.75, 3.05) is 6.61 Å².